The predicted molar refractivity (Wildman–Crippen MR) is 86.7 cm³/mol. The Morgan fingerprint density at radius 1 is 1.10 bits per heavy atom. The second-order valence-corrected chi connectivity index (χ2v) is 5.83. The Morgan fingerprint density at radius 3 is 2.71 bits per heavy atom. The van der Waals surface area contributed by atoms with E-state index in [2.05, 4.69) is 31.5 Å². The average Bonchev–Trinajstić information content (AvgIpc) is 2.93. The molecular weight excluding hydrogens is 377 g/mol. The van der Waals surface area contributed by atoms with Crippen molar-refractivity contribution in [2.45, 2.75) is 0 Å². The summed E-state index contributed by atoms with van der Waals surface area (Å²) in [6.07, 6.45) is 0. The number of hydrogen-bond donors (Lipinski definition) is 1. The van der Waals surface area contributed by atoms with E-state index in [9.17, 15) is 0 Å². The minimum atomic E-state index is 0.482. The molecule has 106 valence electrons. The summed E-state index contributed by atoms with van der Waals surface area (Å²) in [5.74, 6) is 0.482. The lowest BCUT2D eigenvalue weighted by atomic mass is 10.2. The first-order valence-electron chi connectivity index (χ1n) is 5.86. The number of nitrogen functional groups attached to an aromatic ring is 1. The number of halogens is 3. The summed E-state index contributed by atoms with van der Waals surface area (Å²) < 4.78 is 2.25. The van der Waals surface area contributed by atoms with E-state index in [4.69, 9.17) is 28.9 Å². The van der Waals surface area contributed by atoms with E-state index in [1.165, 1.54) is 0 Å². The molecule has 1 aromatic heterocycles. The van der Waals surface area contributed by atoms with Gasteiger partial charge in [0.25, 0.3) is 0 Å². The van der Waals surface area contributed by atoms with Crippen molar-refractivity contribution in [2.75, 3.05) is 5.73 Å². The Bertz CT molecular complexity index is 802. The molecule has 0 saturated heterocycles. The normalized spacial score (nSPS) is 10.8. The number of nitrogens with two attached hydrogens (primary N) is 1. The molecule has 8 heteroatoms. The molecule has 0 unspecified atom stereocenters. The summed E-state index contributed by atoms with van der Waals surface area (Å²) in [5.41, 5.74) is 7.74. The highest BCUT2D eigenvalue weighted by atomic mass is 79.9. The van der Waals surface area contributed by atoms with Crippen LogP contribution in [0.1, 0.15) is 0 Å². The van der Waals surface area contributed by atoms with Gasteiger partial charge in [-0.25, -0.2) is 0 Å². The van der Waals surface area contributed by atoms with Gasteiger partial charge in [0.2, 0.25) is 0 Å². The molecule has 0 fully saturated rings. The molecule has 5 nitrogen and oxygen atoms in total. The van der Waals surface area contributed by atoms with Crippen LogP contribution in [0.15, 0.2) is 40.9 Å². The van der Waals surface area contributed by atoms with E-state index in [-0.39, 0.29) is 0 Å². The van der Waals surface area contributed by atoms with Gasteiger partial charge in [-0.15, -0.1) is 5.10 Å². The SMILES string of the molecule is Nc1ccc(Cl)c(-c2nnnn2-c2cccc(Cl)c2Br)c1. The second-order valence-electron chi connectivity index (χ2n) is 4.23. The maximum atomic E-state index is 6.22. The zero-order valence-electron chi connectivity index (χ0n) is 10.5. The molecular formula is C13H8BrCl2N5. The number of tetrazole rings is 1. The van der Waals surface area contributed by atoms with Gasteiger partial charge in [0.1, 0.15) is 0 Å². The first kappa shape index (κ1) is 14.3. The van der Waals surface area contributed by atoms with Crippen molar-refractivity contribution in [1.82, 2.24) is 20.2 Å². The third-order valence-corrected chi connectivity index (χ3v) is 4.57. The number of nitrogens with zero attached hydrogens (tertiary/aromatic N) is 4. The van der Waals surface area contributed by atoms with E-state index < -0.39 is 0 Å². The molecule has 1 heterocycles. The van der Waals surface area contributed by atoms with Crippen molar-refractivity contribution in [3.05, 3.63) is 50.9 Å². The first-order chi connectivity index (χ1) is 10.1. The van der Waals surface area contributed by atoms with Crippen LogP contribution in [0.2, 0.25) is 10.0 Å². The minimum absolute atomic E-state index is 0.482. The minimum Gasteiger partial charge on any atom is -0.399 e. The van der Waals surface area contributed by atoms with Crippen LogP contribution in [0.5, 0.6) is 0 Å². The summed E-state index contributed by atoms with van der Waals surface area (Å²) in [6, 6.07) is 10.6. The quantitative estimate of drug-likeness (QED) is 0.678. The highest BCUT2D eigenvalue weighted by Gasteiger charge is 2.16. The first-order valence-corrected chi connectivity index (χ1v) is 7.41. The van der Waals surface area contributed by atoms with E-state index in [0.29, 0.717) is 37.3 Å². The van der Waals surface area contributed by atoms with E-state index in [0.717, 1.165) is 0 Å². The number of hydrogen-bond acceptors (Lipinski definition) is 4. The highest BCUT2D eigenvalue weighted by Crippen LogP contribution is 2.33. The number of benzene rings is 2. The zero-order valence-corrected chi connectivity index (χ0v) is 13.6. The Balaban J connectivity index is 2.22. The number of anilines is 1. The van der Waals surface area contributed by atoms with Gasteiger partial charge in [0, 0.05) is 11.3 Å². The summed E-state index contributed by atoms with van der Waals surface area (Å²) in [6.45, 7) is 0. The maximum Gasteiger partial charge on any atom is 0.188 e. The second kappa shape index (κ2) is 5.63. The third kappa shape index (κ3) is 2.62. The molecule has 0 aliphatic rings. The molecule has 0 saturated carbocycles. The Labute approximate surface area is 138 Å². The van der Waals surface area contributed by atoms with Crippen LogP contribution in [0, 0.1) is 0 Å². The van der Waals surface area contributed by atoms with Gasteiger partial charge < -0.3 is 5.73 Å². The van der Waals surface area contributed by atoms with Crippen molar-refractivity contribution in [3.63, 3.8) is 0 Å². The van der Waals surface area contributed by atoms with Crippen molar-refractivity contribution in [1.29, 1.82) is 0 Å². The number of aromatic nitrogens is 4. The molecule has 2 N–H and O–H groups in total. The molecule has 21 heavy (non-hydrogen) atoms. The number of rotatable bonds is 2. The van der Waals surface area contributed by atoms with Crippen molar-refractivity contribution >= 4 is 44.8 Å². The lowest BCUT2D eigenvalue weighted by Crippen LogP contribution is -2.02. The summed E-state index contributed by atoms with van der Waals surface area (Å²) in [4.78, 5) is 0. The topological polar surface area (TPSA) is 69.6 Å². The van der Waals surface area contributed by atoms with Gasteiger partial charge in [0.15, 0.2) is 5.82 Å². The van der Waals surface area contributed by atoms with E-state index >= 15 is 0 Å². The van der Waals surface area contributed by atoms with Crippen LogP contribution in [-0.2, 0) is 0 Å². The maximum absolute atomic E-state index is 6.22. The average molecular weight is 385 g/mol. The molecule has 3 aromatic rings. The summed E-state index contributed by atoms with van der Waals surface area (Å²) in [5, 5.41) is 12.8. The molecule has 0 spiro atoms. The van der Waals surface area contributed by atoms with Gasteiger partial charge in [-0.2, -0.15) is 4.68 Å². The van der Waals surface area contributed by atoms with E-state index in [1.54, 1.807) is 28.9 Å². The lowest BCUT2D eigenvalue weighted by molar-refractivity contribution is 0.789. The fourth-order valence-electron chi connectivity index (χ4n) is 1.89. The van der Waals surface area contributed by atoms with Gasteiger partial charge in [0.05, 0.1) is 20.2 Å². The van der Waals surface area contributed by atoms with Gasteiger partial charge in [-0.3, -0.25) is 0 Å². The van der Waals surface area contributed by atoms with Crippen molar-refractivity contribution < 1.29 is 0 Å². The molecule has 2 aromatic carbocycles. The highest BCUT2D eigenvalue weighted by molar-refractivity contribution is 9.10. The standard InChI is InChI=1S/C13H8BrCl2N5/c14-12-10(16)2-1-3-11(12)21-13(18-19-20-21)8-6-7(17)4-5-9(8)15/h1-6H,17H2. The van der Waals surface area contributed by atoms with Crippen LogP contribution in [0.4, 0.5) is 5.69 Å². The van der Waals surface area contributed by atoms with Crippen molar-refractivity contribution in [3.8, 4) is 17.1 Å². The molecule has 0 atom stereocenters. The summed E-state index contributed by atoms with van der Waals surface area (Å²) >= 11 is 15.8. The van der Waals surface area contributed by atoms with Crippen molar-refractivity contribution in [2.24, 2.45) is 0 Å². The van der Waals surface area contributed by atoms with Crippen LogP contribution in [-0.4, -0.2) is 20.2 Å². The Morgan fingerprint density at radius 2 is 1.90 bits per heavy atom. The fraction of sp³-hybridized carbons (Fsp3) is 0. The van der Waals surface area contributed by atoms with Crippen LogP contribution in [0.25, 0.3) is 17.1 Å². The molecule has 3 rings (SSSR count). The monoisotopic (exact) mass is 383 g/mol. The Kier molecular flexibility index (Phi) is 3.84. The largest absolute Gasteiger partial charge is 0.399 e. The lowest BCUT2D eigenvalue weighted by Gasteiger charge is -2.09. The fourth-order valence-corrected chi connectivity index (χ4v) is 2.69. The zero-order chi connectivity index (χ0) is 15.0. The molecule has 0 aliphatic carbocycles. The Hall–Kier alpha value is -1.63. The van der Waals surface area contributed by atoms with Gasteiger partial charge in [-0.05, 0) is 56.7 Å². The smallest absolute Gasteiger partial charge is 0.188 e. The molecule has 0 aliphatic heterocycles. The summed E-state index contributed by atoms with van der Waals surface area (Å²) in [7, 11) is 0. The van der Waals surface area contributed by atoms with E-state index in [1.807, 2.05) is 12.1 Å². The van der Waals surface area contributed by atoms with Gasteiger partial charge in [-0.1, -0.05) is 29.3 Å². The molecule has 0 bridgehead atoms. The van der Waals surface area contributed by atoms with Crippen LogP contribution >= 0.6 is 39.1 Å². The third-order valence-electron chi connectivity index (χ3n) is 2.86. The van der Waals surface area contributed by atoms with Crippen LogP contribution in [0.3, 0.4) is 0 Å². The predicted octanol–water partition coefficient (Wildman–Crippen LogP) is 3.98. The van der Waals surface area contributed by atoms with Gasteiger partial charge >= 0.3 is 0 Å². The molecule has 0 amide bonds. The molecule has 0 radical (unpaired) electrons. The van der Waals surface area contributed by atoms with Crippen LogP contribution < -0.4 is 5.73 Å².